The van der Waals surface area contributed by atoms with Gasteiger partial charge in [-0.05, 0) is 113 Å². The van der Waals surface area contributed by atoms with Crippen LogP contribution in [0.4, 0.5) is 13.2 Å². The molecule has 0 saturated heterocycles. The monoisotopic (exact) mass is 484 g/mol. The Bertz CT molecular complexity index is 969. The molecule has 0 heterocycles. The summed E-state index contributed by atoms with van der Waals surface area (Å²) in [5.41, 5.74) is 1.90. The van der Waals surface area contributed by atoms with E-state index in [0.717, 1.165) is 56.1 Å². The van der Waals surface area contributed by atoms with Gasteiger partial charge in [0.15, 0.2) is 0 Å². The van der Waals surface area contributed by atoms with Gasteiger partial charge in [0.1, 0.15) is 5.82 Å². The van der Waals surface area contributed by atoms with Crippen molar-refractivity contribution in [3.63, 3.8) is 0 Å². The molecule has 1 aliphatic carbocycles. The van der Waals surface area contributed by atoms with Crippen LogP contribution in [0.25, 0.3) is 0 Å². The first kappa shape index (κ1) is 27.3. The van der Waals surface area contributed by atoms with Crippen LogP contribution >= 0.6 is 0 Å². The summed E-state index contributed by atoms with van der Waals surface area (Å²) in [4.78, 5) is 0. The molecule has 1 nitrogen and oxygen atoms in total. The van der Waals surface area contributed by atoms with Gasteiger partial charge in [0.05, 0.1) is 11.7 Å². The summed E-state index contributed by atoms with van der Waals surface area (Å²) in [5.74, 6) is 0.0404. The maximum absolute atomic E-state index is 14.9. The third-order valence-corrected chi connectivity index (χ3v) is 7.21. The van der Waals surface area contributed by atoms with E-state index >= 15 is 0 Å². The normalized spacial score (nSPS) is 20.1. The summed E-state index contributed by atoms with van der Waals surface area (Å²) in [6.45, 7) is 5.59. The van der Waals surface area contributed by atoms with Crippen LogP contribution in [-0.4, -0.2) is 0 Å². The molecule has 0 bridgehead atoms. The largest absolute Gasteiger partial charge is 0.386 e. The van der Waals surface area contributed by atoms with Crippen LogP contribution < -0.4 is 0 Å². The van der Waals surface area contributed by atoms with E-state index in [-0.39, 0.29) is 5.92 Å². The average Bonchev–Trinajstić information content (AvgIpc) is 2.84. The van der Waals surface area contributed by atoms with Crippen molar-refractivity contribution in [1.82, 2.24) is 0 Å². The minimum Gasteiger partial charge on any atom is -0.309 e. The van der Waals surface area contributed by atoms with E-state index in [0.29, 0.717) is 11.5 Å². The van der Waals surface area contributed by atoms with Gasteiger partial charge in [-0.1, -0.05) is 54.6 Å². The number of hydrogen-bond acceptors (Lipinski definition) is 1. The van der Waals surface area contributed by atoms with E-state index in [4.69, 9.17) is 4.74 Å². The second-order valence-electron chi connectivity index (χ2n) is 9.73. The molecule has 190 valence electrons. The minimum absolute atomic E-state index is 0.233. The van der Waals surface area contributed by atoms with Crippen LogP contribution in [0.1, 0.15) is 100.0 Å². The molecule has 1 fully saturated rings. The summed E-state index contributed by atoms with van der Waals surface area (Å²) < 4.78 is 49.8. The highest BCUT2D eigenvalue weighted by Crippen LogP contribution is 2.41. The molecule has 3 rings (SSSR count). The Hall–Kier alpha value is -2.33. The molecule has 0 aromatic heterocycles. The van der Waals surface area contributed by atoms with Crippen molar-refractivity contribution in [2.45, 2.75) is 90.3 Å². The molecular weight excluding hydrogens is 445 g/mol. The van der Waals surface area contributed by atoms with Crippen LogP contribution in [0.3, 0.4) is 0 Å². The Balaban J connectivity index is 1.60. The first-order chi connectivity index (χ1) is 16.8. The maximum atomic E-state index is 14.9. The Labute approximate surface area is 209 Å². The van der Waals surface area contributed by atoms with Gasteiger partial charge in [-0.3, -0.25) is 0 Å². The lowest BCUT2D eigenvalue weighted by Crippen LogP contribution is -2.22. The number of rotatable bonds is 11. The molecule has 0 amide bonds. The molecule has 1 saturated carbocycles. The standard InChI is InChI=1S/C31H39F3O/c1-4-6-8-10-24-12-16-26(17-13-24)23(3)35-31(33,34)29-21-20-28(22-30(29)32)27-18-14-25(15-19-27)11-9-7-5-2/h4-7,12-13,16-17,20-23,25,27H,8-11,14-15,18-19H2,1-3H3/b6-4+,7-5+. The van der Waals surface area contributed by atoms with E-state index in [2.05, 4.69) is 18.2 Å². The predicted molar refractivity (Wildman–Crippen MR) is 138 cm³/mol. The van der Waals surface area contributed by atoms with Crippen LogP contribution in [-0.2, 0) is 17.3 Å². The van der Waals surface area contributed by atoms with Crippen LogP contribution in [0, 0.1) is 11.7 Å². The Kier molecular flexibility index (Phi) is 10.2. The SMILES string of the molecule is C/C=C/CCc1ccc(C(C)OC(F)(F)c2ccc(C3CCC(CC/C=C/C)CC3)cc2F)cc1. The summed E-state index contributed by atoms with van der Waals surface area (Å²) in [7, 11) is 0. The second-order valence-corrected chi connectivity index (χ2v) is 9.73. The first-order valence-electron chi connectivity index (χ1n) is 13.0. The van der Waals surface area contributed by atoms with Crippen molar-refractivity contribution < 1.29 is 17.9 Å². The lowest BCUT2D eigenvalue weighted by atomic mass is 9.77. The average molecular weight is 485 g/mol. The van der Waals surface area contributed by atoms with E-state index in [1.807, 2.05) is 32.1 Å². The van der Waals surface area contributed by atoms with Gasteiger partial charge in [0.25, 0.3) is 0 Å². The zero-order chi connectivity index (χ0) is 25.3. The number of halogens is 3. The van der Waals surface area contributed by atoms with Crippen molar-refractivity contribution in [3.8, 4) is 0 Å². The van der Waals surface area contributed by atoms with Gasteiger partial charge in [-0.2, -0.15) is 8.78 Å². The quantitative estimate of drug-likeness (QED) is 0.288. The highest BCUT2D eigenvalue weighted by atomic mass is 19.3. The molecule has 1 atom stereocenters. The van der Waals surface area contributed by atoms with Gasteiger partial charge in [0, 0.05) is 0 Å². The number of benzene rings is 2. The summed E-state index contributed by atoms with van der Waals surface area (Å²) >= 11 is 0. The number of alkyl halides is 2. The fourth-order valence-corrected chi connectivity index (χ4v) is 5.03. The first-order valence-corrected chi connectivity index (χ1v) is 13.0. The Morgan fingerprint density at radius 3 is 2.23 bits per heavy atom. The number of ether oxygens (including phenoxy) is 1. The molecular formula is C31H39F3O. The van der Waals surface area contributed by atoms with E-state index in [1.54, 1.807) is 25.1 Å². The van der Waals surface area contributed by atoms with Crippen molar-refractivity contribution in [2.75, 3.05) is 0 Å². The number of allylic oxidation sites excluding steroid dienone is 4. The van der Waals surface area contributed by atoms with Crippen LogP contribution in [0.2, 0.25) is 0 Å². The third-order valence-electron chi connectivity index (χ3n) is 7.21. The van der Waals surface area contributed by atoms with Crippen molar-refractivity contribution in [2.24, 2.45) is 5.92 Å². The highest BCUT2D eigenvalue weighted by Gasteiger charge is 2.38. The molecule has 2 aromatic carbocycles. The van der Waals surface area contributed by atoms with Crippen molar-refractivity contribution in [1.29, 1.82) is 0 Å². The van der Waals surface area contributed by atoms with Crippen LogP contribution in [0.5, 0.6) is 0 Å². The third kappa shape index (κ3) is 7.83. The van der Waals surface area contributed by atoms with Gasteiger partial charge >= 0.3 is 6.11 Å². The van der Waals surface area contributed by atoms with Gasteiger partial charge in [-0.25, -0.2) is 4.39 Å². The van der Waals surface area contributed by atoms with Crippen molar-refractivity contribution >= 4 is 0 Å². The predicted octanol–water partition coefficient (Wildman–Crippen LogP) is 9.79. The fraction of sp³-hybridized carbons (Fsp3) is 0.484. The molecule has 1 aliphatic rings. The van der Waals surface area contributed by atoms with E-state index < -0.39 is 23.6 Å². The second kappa shape index (κ2) is 13.1. The van der Waals surface area contributed by atoms with Gasteiger partial charge in [-0.15, -0.1) is 0 Å². The zero-order valence-electron chi connectivity index (χ0n) is 21.3. The molecule has 35 heavy (non-hydrogen) atoms. The van der Waals surface area contributed by atoms with E-state index in [1.165, 1.54) is 18.6 Å². The summed E-state index contributed by atoms with van der Waals surface area (Å²) in [6, 6.07) is 11.6. The smallest absolute Gasteiger partial charge is 0.309 e. The van der Waals surface area contributed by atoms with Crippen molar-refractivity contribution in [3.05, 3.63) is 94.8 Å². The Morgan fingerprint density at radius 2 is 1.60 bits per heavy atom. The zero-order valence-corrected chi connectivity index (χ0v) is 21.3. The molecule has 0 aliphatic heterocycles. The minimum atomic E-state index is -3.71. The molecule has 0 N–H and O–H groups in total. The number of hydrogen-bond donors (Lipinski definition) is 0. The summed E-state index contributed by atoms with van der Waals surface area (Å²) in [6.07, 6.45) is 12.1. The maximum Gasteiger partial charge on any atom is 0.386 e. The molecule has 2 aromatic rings. The lowest BCUT2D eigenvalue weighted by molar-refractivity contribution is -0.273. The van der Waals surface area contributed by atoms with Gasteiger partial charge < -0.3 is 4.74 Å². The molecule has 0 radical (unpaired) electrons. The topological polar surface area (TPSA) is 9.23 Å². The molecule has 4 heteroatoms. The lowest BCUT2D eigenvalue weighted by Gasteiger charge is -2.29. The Morgan fingerprint density at radius 1 is 0.943 bits per heavy atom. The van der Waals surface area contributed by atoms with Gasteiger partial charge in [0.2, 0.25) is 0 Å². The highest BCUT2D eigenvalue weighted by molar-refractivity contribution is 5.30. The summed E-state index contributed by atoms with van der Waals surface area (Å²) in [5, 5.41) is 0. The molecule has 1 unspecified atom stereocenters. The molecule has 0 spiro atoms. The van der Waals surface area contributed by atoms with E-state index in [9.17, 15) is 13.2 Å². The number of aryl methyl sites for hydroxylation is 1. The fourth-order valence-electron chi connectivity index (χ4n) is 5.03. The van der Waals surface area contributed by atoms with Crippen LogP contribution in [0.15, 0.2) is 66.8 Å².